The van der Waals surface area contributed by atoms with Crippen molar-refractivity contribution in [3.05, 3.63) is 27.1 Å². The molecule has 0 bridgehead atoms. The number of benzene rings is 1. The van der Waals surface area contributed by atoms with Crippen LogP contribution in [-0.2, 0) is 0 Å². The minimum Gasteiger partial charge on any atom is -0.382 e. The highest BCUT2D eigenvalue weighted by molar-refractivity contribution is 9.11. The molecule has 0 radical (unpaired) electrons. The normalized spacial score (nSPS) is 17.9. The van der Waals surface area contributed by atoms with Crippen molar-refractivity contribution in [1.29, 1.82) is 0 Å². The van der Waals surface area contributed by atoms with E-state index in [2.05, 4.69) is 56.2 Å². The van der Waals surface area contributed by atoms with E-state index in [4.69, 9.17) is 0 Å². The van der Waals surface area contributed by atoms with Crippen LogP contribution in [0, 0.1) is 5.92 Å². The van der Waals surface area contributed by atoms with Crippen LogP contribution >= 0.6 is 31.9 Å². The van der Waals surface area contributed by atoms with Gasteiger partial charge in [-0.2, -0.15) is 0 Å². The molecule has 1 aliphatic rings. The molecule has 0 aliphatic heterocycles. The highest BCUT2D eigenvalue weighted by Crippen LogP contribution is 2.32. The standard InChI is InChI=1S/C13H17Br2N/c1-9(7-10-3-2-4-10)16-13-8-11(14)5-6-12(13)15/h5-6,8-10,16H,2-4,7H2,1H3. The highest BCUT2D eigenvalue weighted by Gasteiger charge is 2.20. The van der Waals surface area contributed by atoms with Crippen molar-refractivity contribution in [2.24, 2.45) is 5.92 Å². The molecule has 1 unspecified atom stereocenters. The fraction of sp³-hybridized carbons (Fsp3) is 0.538. The zero-order chi connectivity index (χ0) is 11.5. The minimum absolute atomic E-state index is 0.552. The third kappa shape index (κ3) is 3.24. The van der Waals surface area contributed by atoms with Gasteiger partial charge in [-0.25, -0.2) is 0 Å². The van der Waals surface area contributed by atoms with Crippen LogP contribution in [0.15, 0.2) is 27.1 Å². The number of halogens is 2. The Morgan fingerprint density at radius 1 is 1.38 bits per heavy atom. The van der Waals surface area contributed by atoms with Gasteiger partial charge in [0.2, 0.25) is 0 Å². The molecule has 88 valence electrons. The van der Waals surface area contributed by atoms with Crippen LogP contribution in [0.1, 0.15) is 32.6 Å². The van der Waals surface area contributed by atoms with Crippen molar-refractivity contribution in [2.45, 2.75) is 38.6 Å². The van der Waals surface area contributed by atoms with Gasteiger partial charge in [0.05, 0.1) is 0 Å². The predicted octanol–water partition coefficient (Wildman–Crippen LogP) is 5.20. The second kappa shape index (κ2) is 5.54. The molecule has 1 saturated carbocycles. The van der Waals surface area contributed by atoms with Gasteiger partial charge in [-0.15, -0.1) is 0 Å². The van der Waals surface area contributed by atoms with Crippen LogP contribution in [0.25, 0.3) is 0 Å². The van der Waals surface area contributed by atoms with Gasteiger partial charge >= 0.3 is 0 Å². The molecule has 0 amide bonds. The number of rotatable bonds is 4. The van der Waals surface area contributed by atoms with E-state index < -0.39 is 0 Å². The molecule has 1 atom stereocenters. The molecule has 3 heteroatoms. The fourth-order valence-corrected chi connectivity index (χ4v) is 2.88. The summed E-state index contributed by atoms with van der Waals surface area (Å²) in [6, 6.07) is 6.80. The Balaban J connectivity index is 1.93. The van der Waals surface area contributed by atoms with E-state index in [9.17, 15) is 0 Å². The quantitative estimate of drug-likeness (QED) is 0.789. The lowest BCUT2D eigenvalue weighted by molar-refractivity contribution is 0.286. The molecule has 1 aromatic rings. The van der Waals surface area contributed by atoms with Crippen molar-refractivity contribution < 1.29 is 0 Å². The van der Waals surface area contributed by atoms with Crippen LogP contribution in [0.4, 0.5) is 5.69 Å². The summed E-state index contributed by atoms with van der Waals surface area (Å²) in [4.78, 5) is 0. The van der Waals surface area contributed by atoms with E-state index in [-0.39, 0.29) is 0 Å². The summed E-state index contributed by atoms with van der Waals surface area (Å²) >= 11 is 7.07. The lowest BCUT2D eigenvalue weighted by Crippen LogP contribution is -2.23. The van der Waals surface area contributed by atoms with Gasteiger partial charge in [0.1, 0.15) is 0 Å². The molecule has 0 spiro atoms. The van der Waals surface area contributed by atoms with E-state index in [1.807, 2.05) is 6.07 Å². The van der Waals surface area contributed by atoms with Crippen LogP contribution in [0.5, 0.6) is 0 Å². The smallest absolute Gasteiger partial charge is 0.0497 e. The zero-order valence-electron chi connectivity index (χ0n) is 9.47. The number of hydrogen-bond acceptors (Lipinski definition) is 1. The first-order chi connectivity index (χ1) is 7.65. The second-order valence-electron chi connectivity index (χ2n) is 4.70. The van der Waals surface area contributed by atoms with Crippen molar-refractivity contribution in [3.8, 4) is 0 Å². The van der Waals surface area contributed by atoms with Gasteiger partial charge in [-0.05, 0) is 53.4 Å². The molecular weight excluding hydrogens is 330 g/mol. The van der Waals surface area contributed by atoms with E-state index in [1.54, 1.807) is 0 Å². The molecule has 0 aromatic heterocycles. The van der Waals surface area contributed by atoms with Gasteiger partial charge in [0.25, 0.3) is 0 Å². The third-order valence-corrected chi connectivity index (χ3v) is 4.43. The Morgan fingerprint density at radius 2 is 2.12 bits per heavy atom. The summed E-state index contributed by atoms with van der Waals surface area (Å²) in [6.07, 6.45) is 5.56. The number of hydrogen-bond donors (Lipinski definition) is 1. The zero-order valence-corrected chi connectivity index (χ0v) is 12.6. The van der Waals surface area contributed by atoms with Crippen LogP contribution in [-0.4, -0.2) is 6.04 Å². The first kappa shape index (κ1) is 12.4. The second-order valence-corrected chi connectivity index (χ2v) is 6.47. The highest BCUT2D eigenvalue weighted by atomic mass is 79.9. The van der Waals surface area contributed by atoms with E-state index in [0.29, 0.717) is 6.04 Å². The molecule has 0 saturated heterocycles. The summed E-state index contributed by atoms with van der Waals surface area (Å²) in [5, 5.41) is 3.57. The molecule has 16 heavy (non-hydrogen) atoms. The van der Waals surface area contributed by atoms with Crippen LogP contribution < -0.4 is 5.32 Å². The Hall–Kier alpha value is -0.0200. The van der Waals surface area contributed by atoms with Crippen LogP contribution in [0.3, 0.4) is 0 Å². The molecule has 1 aliphatic carbocycles. The number of nitrogens with one attached hydrogen (secondary N) is 1. The summed E-state index contributed by atoms with van der Waals surface area (Å²) in [5.41, 5.74) is 1.18. The van der Waals surface area contributed by atoms with E-state index >= 15 is 0 Å². The Labute approximate surface area is 114 Å². The summed E-state index contributed by atoms with van der Waals surface area (Å²) in [5.74, 6) is 0.952. The average Bonchev–Trinajstić information content (AvgIpc) is 2.18. The van der Waals surface area contributed by atoms with Crippen LogP contribution in [0.2, 0.25) is 0 Å². The first-order valence-electron chi connectivity index (χ1n) is 5.87. The summed E-state index contributed by atoms with van der Waals surface area (Å²) in [6.45, 7) is 2.27. The molecule has 1 nitrogen and oxygen atoms in total. The largest absolute Gasteiger partial charge is 0.382 e. The maximum atomic E-state index is 3.57. The molecule has 1 N–H and O–H groups in total. The minimum atomic E-state index is 0.552. The Bertz CT molecular complexity index is 361. The molecule has 2 rings (SSSR count). The Kier molecular flexibility index (Phi) is 4.31. The fourth-order valence-electron chi connectivity index (χ4n) is 2.16. The summed E-state index contributed by atoms with van der Waals surface area (Å²) in [7, 11) is 0. The van der Waals surface area contributed by atoms with Gasteiger partial charge in [-0.1, -0.05) is 35.2 Å². The van der Waals surface area contributed by atoms with Gasteiger partial charge < -0.3 is 5.32 Å². The van der Waals surface area contributed by atoms with Gasteiger partial charge in [0.15, 0.2) is 0 Å². The van der Waals surface area contributed by atoms with E-state index in [0.717, 1.165) is 14.9 Å². The molecular formula is C13H17Br2N. The molecule has 0 heterocycles. The maximum absolute atomic E-state index is 3.57. The maximum Gasteiger partial charge on any atom is 0.0497 e. The third-order valence-electron chi connectivity index (χ3n) is 3.24. The van der Waals surface area contributed by atoms with E-state index in [1.165, 1.54) is 31.4 Å². The monoisotopic (exact) mass is 345 g/mol. The number of anilines is 1. The predicted molar refractivity (Wildman–Crippen MR) is 76.9 cm³/mol. The van der Waals surface area contributed by atoms with Crippen molar-refractivity contribution in [2.75, 3.05) is 5.32 Å². The molecule has 1 aromatic carbocycles. The lowest BCUT2D eigenvalue weighted by Gasteiger charge is -2.29. The Morgan fingerprint density at radius 3 is 2.75 bits per heavy atom. The SMILES string of the molecule is CC(CC1CCC1)Nc1cc(Br)ccc1Br. The van der Waals surface area contributed by atoms with Gasteiger partial charge in [-0.3, -0.25) is 0 Å². The topological polar surface area (TPSA) is 12.0 Å². The first-order valence-corrected chi connectivity index (χ1v) is 7.45. The average molecular weight is 347 g/mol. The molecule has 1 fully saturated rings. The van der Waals surface area contributed by atoms with Crippen molar-refractivity contribution in [1.82, 2.24) is 0 Å². The van der Waals surface area contributed by atoms with Gasteiger partial charge in [0, 0.05) is 20.7 Å². The lowest BCUT2D eigenvalue weighted by atomic mass is 9.81. The van der Waals surface area contributed by atoms with Crippen molar-refractivity contribution in [3.63, 3.8) is 0 Å². The summed E-state index contributed by atoms with van der Waals surface area (Å²) < 4.78 is 2.25. The van der Waals surface area contributed by atoms with Crippen molar-refractivity contribution >= 4 is 37.5 Å².